The fraction of sp³-hybridized carbons (Fsp3) is 0.455. The van der Waals surface area contributed by atoms with Crippen molar-refractivity contribution >= 4 is 58.7 Å². The molecule has 6 rings (SSSR count). The number of pyridine rings is 1. The van der Waals surface area contributed by atoms with Gasteiger partial charge in [0.15, 0.2) is 0 Å². The second kappa shape index (κ2) is 19.1. The van der Waals surface area contributed by atoms with Crippen molar-refractivity contribution in [2.45, 2.75) is 77.7 Å². The summed E-state index contributed by atoms with van der Waals surface area (Å²) < 4.78 is 50.6. The average Bonchev–Trinajstić information content (AvgIpc) is 3.91. The monoisotopic (exact) mass is 912 g/mol. The van der Waals surface area contributed by atoms with Gasteiger partial charge >= 0.3 is 12.5 Å². The number of thioether (sulfide) groups is 1. The quantitative estimate of drug-likeness (QED) is 0.133. The highest BCUT2D eigenvalue weighted by Crippen LogP contribution is 2.41. The first-order valence-electron chi connectivity index (χ1n) is 20.4. The number of aromatic amines is 1. The fourth-order valence-electron chi connectivity index (χ4n) is 7.75. The van der Waals surface area contributed by atoms with Crippen LogP contribution in [0.5, 0.6) is 5.75 Å². The Bertz CT molecular complexity index is 2300. The summed E-state index contributed by atoms with van der Waals surface area (Å²) in [6, 6.07) is 10.9. The van der Waals surface area contributed by atoms with Gasteiger partial charge in [0.2, 0.25) is 11.8 Å². The largest absolute Gasteiger partial charge is 0.573 e. The molecule has 2 aromatic carbocycles. The van der Waals surface area contributed by atoms with E-state index >= 15 is 0 Å². The number of anilines is 2. The second-order valence-electron chi connectivity index (χ2n) is 17.0. The van der Waals surface area contributed by atoms with Gasteiger partial charge in [-0.25, -0.2) is 14.8 Å². The number of rotatable bonds is 11. The molecule has 0 radical (unpaired) electrons. The van der Waals surface area contributed by atoms with Gasteiger partial charge in [-0.15, -0.1) is 13.2 Å². The van der Waals surface area contributed by atoms with Gasteiger partial charge in [0, 0.05) is 72.5 Å². The van der Waals surface area contributed by atoms with Crippen LogP contribution < -0.4 is 20.3 Å². The molecule has 4 atom stereocenters. The number of methoxy groups -OCH3 is 1. The summed E-state index contributed by atoms with van der Waals surface area (Å²) in [4.78, 5) is 70.2. The molecule has 338 valence electrons. The van der Waals surface area contributed by atoms with E-state index in [1.807, 2.05) is 52.7 Å². The number of likely N-dealkylation sites (tertiary alicyclic amines) is 1. The predicted octanol–water partition coefficient (Wildman–Crippen LogP) is 8.41. The topological polar surface area (TPSA) is 162 Å². The molecule has 4 amide bonds. The first kappa shape index (κ1) is 47.0. The van der Waals surface area contributed by atoms with Crippen LogP contribution in [0.3, 0.4) is 0 Å². The molecule has 0 unspecified atom stereocenters. The van der Waals surface area contributed by atoms with Crippen LogP contribution in [-0.2, 0) is 14.3 Å². The van der Waals surface area contributed by atoms with E-state index in [-0.39, 0.29) is 50.9 Å². The maximum absolute atomic E-state index is 13.8. The Kier molecular flexibility index (Phi) is 14.2. The smallest absolute Gasteiger partial charge is 0.453 e. The number of piperazine rings is 1. The lowest BCUT2D eigenvalue weighted by Gasteiger charge is -2.42. The summed E-state index contributed by atoms with van der Waals surface area (Å²) in [5.74, 6) is -0.450. The maximum atomic E-state index is 13.8. The third-order valence-corrected chi connectivity index (χ3v) is 12.4. The van der Waals surface area contributed by atoms with E-state index in [0.29, 0.717) is 61.1 Å². The molecular formula is C44H52ClF3N8O6S. The molecule has 19 heteroatoms. The number of H-pyrrole nitrogens is 1. The van der Waals surface area contributed by atoms with E-state index in [2.05, 4.69) is 30.2 Å². The molecule has 2 aromatic heterocycles. The van der Waals surface area contributed by atoms with Gasteiger partial charge in [-0.05, 0) is 49.3 Å². The van der Waals surface area contributed by atoms with Crippen molar-refractivity contribution in [2.75, 3.05) is 49.8 Å². The Morgan fingerprint density at radius 1 is 1.00 bits per heavy atom. The number of alkyl carbamates (subject to hydrolysis) is 1. The van der Waals surface area contributed by atoms with Gasteiger partial charge in [0.05, 0.1) is 35.1 Å². The third kappa shape index (κ3) is 11.0. The minimum absolute atomic E-state index is 0.0255. The van der Waals surface area contributed by atoms with Crippen LogP contribution >= 0.6 is 23.4 Å². The highest BCUT2D eigenvalue weighted by molar-refractivity contribution is 7.99. The Labute approximate surface area is 373 Å². The summed E-state index contributed by atoms with van der Waals surface area (Å²) in [5.41, 5.74) is 1.11. The molecule has 0 spiro atoms. The minimum Gasteiger partial charge on any atom is -0.453 e. The Morgan fingerprint density at radius 2 is 1.70 bits per heavy atom. The number of hydrogen-bond donors (Lipinski definition) is 3. The number of nitrogens with zero attached hydrogens (tertiary/aromatic N) is 5. The van der Waals surface area contributed by atoms with E-state index in [1.165, 1.54) is 19.4 Å². The van der Waals surface area contributed by atoms with Crippen LogP contribution in [0.4, 0.5) is 29.5 Å². The van der Waals surface area contributed by atoms with E-state index < -0.39 is 41.6 Å². The molecule has 0 saturated carbocycles. The molecule has 3 N–H and O–H groups in total. The number of halogens is 4. The summed E-state index contributed by atoms with van der Waals surface area (Å²) in [6.07, 6.45) is -0.0892. The van der Waals surface area contributed by atoms with Crippen molar-refractivity contribution in [3.8, 4) is 28.1 Å². The van der Waals surface area contributed by atoms with Crippen molar-refractivity contribution in [1.29, 1.82) is 0 Å². The van der Waals surface area contributed by atoms with E-state index in [4.69, 9.17) is 21.3 Å². The lowest BCUT2D eigenvalue weighted by atomic mass is 9.94. The summed E-state index contributed by atoms with van der Waals surface area (Å²) in [5, 5.41) is 5.35. The van der Waals surface area contributed by atoms with Crippen LogP contribution in [0.25, 0.3) is 22.4 Å². The molecule has 4 heterocycles. The lowest BCUT2D eigenvalue weighted by Crippen LogP contribution is -2.56. The third-order valence-electron chi connectivity index (χ3n) is 11.1. The molecule has 2 aliphatic heterocycles. The highest BCUT2D eigenvalue weighted by atomic mass is 35.5. The summed E-state index contributed by atoms with van der Waals surface area (Å²) in [6.45, 7) is 13.4. The SMILES string of the molecule is COC(=O)N[C@H](C(=O)N1C[C@@H](SC)C[C@H]1c1nc(-c2ccc(-c3cc(Cl)c(NC(=O)c4ccc(N5CCN(C(=O)C(C)(C)C)C[C@H]5C)nc4)cc3OC(F)(F)F)cc2)c[nH]1)C(C)C. The zero-order valence-electron chi connectivity index (χ0n) is 36.3. The second-order valence-corrected chi connectivity index (χ2v) is 18.5. The number of ether oxygens (including phenoxy) is 2. The molecule has 0 bridgehead atoms. The van der Waals surface area contributed by atoms with Crippen LogP contribution in [0.1, 0.15) is 70.2 Å². The van der Waals surface area contributed by atoms with Crippen molar-refractivity contribution in [2.24, 2.45) is 11.3 Å². The number of amides is 4. The summed E-state index contributed by atoms with van der Waals surface area (Å²) >= 11 is 8.24. The van der Waals surface area contributed by atoms with E-state index in [1.54, 1.807) is 59.3 Å². The predicted molar refractivity (Wildman–Crippen MR) is 237 cm³/mol. The van der Waals surface area contributed by atoms with Crippen molar-refractivity contribution in [3.05, 3.63) is 77.3 Å². The molecule has 0 aliphatic carbocycles. The first-order chi connectivity index (χ1) is 29.7. The van der Waals surface area contributed by atoms with Crippen LogP contribution in [-0.4, -0.2) is 112 Å². The standard InChI is InChI=1S/C44H52ClF3N8O6S/c1-24(2)37(53-42(60)61-7)40(58)56-23-29(63-8)17-34(56)38-50-21-33(51-38)27-11-9-26(10-12-27)30-18-31(45)32(19-35(30)62-44(46,47)48)52-39(57)28-13-14-36(49-20-28)55-16-15-54(22-25(55)3)41(59)43(4,5)6/h9-14,18-21,24-25,29,34,37H,15-17,22-23H2,1-8H3,(H,50,51)(H,52,57)(H,53,60)/t25-,29+,34+,37+/m1/s1. The lowest BCUT2D eigenvalue weighted by molar-refractivity contribution is -0.274. The number of carbonyl (C=O) groups excluding carboxylic acids is 4. The van der Waals surface area contributed by atoms with Crippen LogP contribution in [0.15, 0.2) is 60.9 Å². The first-order valence-corrected chi connectivity index (χ1v) is 22.1. The van der Waals surface area contributed by atoms with E-state index in [9.17, 15) is 32.3 Å². The highest BCUT2D eigenvalue weighted by Gasteiger charge is 2.41. The number of hydrogen-bond acceptors (Lipinski definition) is 10. The van der Waals surface area contributed by atoms with Crippen LogP contribution in [0, 0.1) is 11.3 Å². The molecular weight excluding hydrogens is 861 g/mol. The van der Waals surface area contributed by atoms with Gasteiger partial charge in [0.25, 0.3) is 5.91 Å². The van der Waals surface area contributed by atoms with Crippen molar-refractivity contribution < 1.29 is 41.8 Å². The van der Waals surface area contributed by atoms with Gasteiger partial charge in [-0.2, -0.15) is 11.8 Å². The Hall–Kier alpha value is -5.49. The zero-order chi connectivity index (χ0) is 46.0. The van der Waals surface area contributed by atoms with E-state index in [0.717, 1.165) is 6.07 Å². The number of benzene rings is 2. The van der Waals surface area contributed by atoms with Crippen LogP contribution in [0.2, 0.25) is 5.02 Å². The fourth-order valence-corrected chi connectivity index (χ4v) is 8.65. The van der Waals surface area contributed by atoms with Gasteiger partial charge in [-0.3, -0.25) is 14.4 Å². The Morgan fingerprint density at radius 3 is 2.29 bits per heavy atom. The zero-order valence-corrected chi connectivity index (χ0v) is 37.9. The number of carbonyl (C=O) groups is 4. The average molecular weight is 913 g/mol. The summed E-state index contributed by atoms with van der Waals surface area (Å²) in [7, 11) is 1.24. The number of alkyl halides is 3. The molecule has 2 aliphatic rings. The molecule has 63 heavy (non-hydrogen) atoms. The van der Waals surface area contributed by atoms with Gasteiger partial charge in [0.1, 0.15) is 23.4 Å². The molecule has 14 nitrogen and oxygen atoms in total. The molecule has 2 saturated heterocycles. The normalized spacial score (nSPS) is 18.6. The van der Waals surface area contributed by atoms with Crippen molar-refractivity contribution in [1.82, 2.24) is 30.1 Å². The minimum atomic E-state index is -5.06. The number of imidazole rings is 1. The van der Waals surface area contributed by atoms with Gasteiger partial charge in [-0.1, -0.05) is 70.5 Å². The number of aromatic nitrogens is 3. The number of nitrogens with one attached hydrogen (secondary N) is 3. The maximum Gasteiger partial charge on any atom is 0.573 e. The van der Waals surface area contributed by atoms with Gasteiger partial charge < -0.3 is 39.8 Å². The van der Waals surface area contributed by atoms with Crippen molar-refractivity contribution in [3.63, 3.8) is 0 Å². The molecule has 2 fully saturated rings. The Balaban J connectivity index is 1.18. The molecule has 4 aromatic rings.